The number of carbonyl (C=O) groups is 1. The summed E-state index contributed by atoms with van der Waals surface area (Å²) >= 11 is 0. The van der Waals surface area contributed by atoms with Gasteiger partial charge in [-0.1, -0.05) is 48.1 Å². The molecule has 142 valence electrons. The molecule has 0 radical (unpaired) electrons. The third-order valence-electron chi connectivity index (χ3n) is 5.44. The van der Waals surface area contributed by atoms with Crippen LogP contribution in [0.4, 0.5) is 0 Å². The van der Waals surface area contributed by atoms with Crippen LogP contribution >= 0.6 is 0 Å². The minimum atomic E-state index is -1.77. The van der Waals surface area contributed by atoms with E-state index in [1.54, 1.807) is 0 Å². The van der Waals surface area contributed by atoms with Crippen LogP contribution in [0.3, 0.4) is 0 Å². The first-order chi connectivity index (χ1) is 11.4. The molecule has 24 heavy (non-hydrogen) atoms. The number of carbonyl (C=O) groups excluding carboxylic acids is 1. The van der Waals surface area contributed by atoms with E-state index >= 15 is 0 Å². The quantitative estimate of drug-likeness (QED) is 0.240. The van der Waals surface area contributed by atoms with E-state index in [2.05, 4.69) is 48.1 Å². The van der Waals surface area contributed by atoms with Crippen LogP contribution in [0.2, 0.25) is 36.3 Å². The van der Waals surface area contributed by atoms with E-state index in [0.717, 1.165) is 36.3 Å². The van der Waals surface area contributed by atoms with Gasteiger partial charge in [-0.15, -0.1) is 0 Å². The van der Waals surface area contributed by atoms with Crippen LogP contribution in [0.5, 0.6) is 0 Å². The summed E-state index contributed by atoms with van der Waals surface area (Å²) in [5.41, 5.74) is 0. The monoisotopic (exact) mass is 374 g/mol. The lowest BCUT2D eigenvalue weighted by Crippen LogP contribution is -2.46. The summed E-state index contributed by atoms with van der Waals surface area (Å²) in [6, 6.07) is 6.54. The highest BCUT2D eigenvalue weighted by atomic mass is 28.4. The third kappa shape index (κ3) is 7.21. The molecular weight excluding hydrogens is 336 g/mol. The molecule has 0 saturated heterocycles. The maximum absolute atomic E-state index is 11.4. The van der Waals surface area contributed by atoms with Crippen molar-refractivity contribution in [1.82, 2.24) is 0 Å². The number of esters is 1. The summed E-state index contributed by atoms with van der Waals surface area (Å²) in [7, 11) is -3.45. The fourth-order valence-electron chi connectivity index (χ4n) is 3.03. The highest BCUT2D eigenvalue weighted by Crippen LogP contribution is 2.26. The molecule has 0 bridgehead atoms. The van der Waals surface area contributed by atoms with Gasteiger partial charge in [0.2, 0.25) is 0 Å². The zero-order valence-corrected chi connectivity index (χ0v) is 18.7. The fraction of sp³-hybridized carbons (Fsp3) is 0.833. The largest absolute Gasteiger partial charge is 0.460 e. The molecule has 0 aliphatic heterocycles. The average molecular weight is 375 g/mol. The molecule has 1 atom stereocenters. The molecule has 0 aromatic heterocycles. The molecule has 6 heteroatoms. The molecule has 0 heterocycles. The number of ether oxygens (including phenoxy) is 1. The summed E-state index contributed by atoms with van der Waals surface area (Å²) in [4.78, 5) is 11.4. The molecule has 0 aromatic carbocycles. The van der Waals surface area contributed by atoms with Crippen molar-refractivity contribution < 1.29 is 18.4 Å². The fourth-order valence-corrected chi connectivity index (χ4v) is 8.52. The maximum Gasteiger partial charge on any atom is 0.330 e. The summed E-state index contributed by atoms with van der Waals surface area (Å²) in [5, 5.41) is 0. The molecule has 0 aromatic rings. The first kappa shape index (κ1) is 23.6. The third-order valence-corrected chi connectivity index (χ3v) is 14.8. The smallest absolute Gasteiger partial charge is 0.330 e. The van der Waals surface area contributed by atoms with Crippen molar-refractivity contribution in [1.29, 1.82) is 0 Å². The molecule has 0 rings (SSSR count). The lowest BCUT2D eigenvalue weighted by molar-refractivity contribution is -0.140. The predicted molar refractivity (Wildman–Crippen MR) is 106 cm³/mol. The van der Waals surface area contributed by atoms with Crippen LogP contribution in [-0.2, 0) is 18.4 Å². The van der Waals surface area contributed by atoms with Crippen LogP contribution in [0.15, 0.2) is 12.7 Å². The Morgan fingerprint density at radius 1 is 0.875 bits per heavy atom. The van der Waals surface area contributed by atoms with E-state index in [0.29, 0.717) is 6.61 Å². The second-order valence-electron chi connectivity index (χ2n) is 6.37. The first-order valence-corrected chi connectivity index (χ1v) is 14.6. The van der Waals surface area contributed by atoms with Crippen molar-refractivity contribution in [3.8, 4) is 0 Å². The van der Waals surface area contributed by atoms with E-state index < -0.39 is 22.6 Å². The summed E-state index contributed by atoms with van der Waals surface area (Å²) in [6.45, 7) is 17.5. The van der Waals surface area contributed by atoms with Crippen molar-refractivity contribution >= 4 is 22.6 Å². The Morgan fingerprint density at radius 3 is 1.71 bits per heavy atom. The van der Waals surface area contributed by atoms with Gasteiger partial charge in [0, 0.05) is 6.08 Å². The van der Waals surface area contributed by atoms with Crippen LogP contribution < -0.4 is 0 Å². The summed E-state index contributed by atoms with van der Waals surface area (Å²) < 4.78 is 18.2. The van der Waals surface area contributed by atoms with Gasteiger partial charge < -0.3 is 13.6 Å². The van der Waals surface area contributed by atoms with E-state index in [-0.39, 0.29) is 12.7 Å². The van der Waals surface area contributed by atoms with Gasteiger partial charge >= 0.3 is 5.97 Å². The molecule has 0 aliphatic carbocycles. The molecule has 0 spiro atoms. The minimum absolute atomic E-state index is 0.169. The molecular formula is C18H38O4Si2. The van der Waals surface area contributed by atoms with Gasteiger partial charge in [-0.2, -0.15) is 0 Å². The Morgan fingerprint density at radius 2 is 1.33 bits per heavy atom. The second-order valence-corrected chi connectivity index (χ2v) is 15.9. The lowest BCUT2D eigenvalue weighted by Gasteiger charge is -2.35. The van der Waals surface area contributed by atoms with Gasteiger partial charge in [0.05, 0.1) is 6.61 Å². The molecule has 0 aliphatic rings. The Kier molecular flexibility index (Phi) is 11.8. The average Bonchev–Trinajstić information content (AvgIpc) is 2.64. The topological polar surface area (TPSA) is 44.8 Å². The van der Waals surface area contributed by atoms with Crippen molar-refractivity contribution in [2.75, 3.05) is 13.2 Å². The van der Waals surface area contributed by atoms with E-state index in [1.807, 2.05) is 0 Å². The number of hydrogen-bond acceptors (Lipinski definition) is 4. The van der Waals surface area contributed by atoms with E-state index in [4.69, 9.17) is 13.6 Å². The maximum atomic E-state index is 11.4. The summed E-state index contributed by atoms with van der Waals surface area (Å²) in [6.07, 6.45) is 1.03. The molecule has 0 amide bonds. The van der Waals surface area contributed by atoms with Crippen LogP contribution in [-0.4, -0.2) is 41.9 Å². The Labute approximate surface area is 151 Å². The Bertz CT molecular complexity index is 350. The molecule has 0 N–H and O–H groups in total. The van der Waals surface area contributed by atoms with Gasteiger partial charge in [-0.05, 0) is 36.3 Å². The van der Waals surface area contributed by atoms with Crippen LogP contribution in [0, 0.1) is 0 Å². The number of hydrogen-bond donors (Lipinski definition) is 0. The van der Waals surface area contributed by atoms with Crippen molar-refractivity contribution in [3.63, 3.8) is 0 Å². The lowest BCUT2D eigenvalue weighted by atomic mass is 10.4. The molecule has 0 saturated carbocycles. The highest BCUT2D eigenvalue weighted by molar-refractivity contribution is 6.74. The van der Waals surface area contributed by atoms with Crippen molar-refractivity contribution in [2.24, 2.45) is 0 Å². The predicted octanol–water partition coefficient (Wildman–Crippen LogP) is 5.13. The van der Waals surface area contributed by atoms with Crippen LogP contribution in [0.1, 0.15) is 41.5 Å². The van der Waals surface area contributed by atoms with Gasteiger partial charge in [-0.3, -0.25) is 0 Å². The van der Waals surface area contributed by atoms with E-state index in [9.17, 15) is 4.79 Å². The second kappa shape index (κ2) is 12.0. The van der Waals surface area contributed by atoms with Gasteiger partial charge in [0.1, 0.15) is 12.7 Å². The normalized spacial score (nSPS) is 13.6. The van der Waals surface area contributed by atoms with Gasteiger partial charge in [0.25, 0.3) is 0 Å². The summed E-state index contributed by atoms with van der Waals surface area (Å²) in [5.74, 6) is -0.398. The highest BCUT2D eigenvalue weighted by Gasteiger charge is 2.35. The molecule has 4 nitrogen and oxygen atoms in total. The van der Waals surface area contributed by atoms with Crippen LogP contribution in [0.25, 0.3) is 0 Å². The zero-order chi connectivity index (χ0) is 18.6. The first-order valence-electron chi connectivity index (χ1n) is 9.51. The Hall–Kier alpha value is -0.436. The molecule has 1 unspecified atom stereocenters. The standard InChI is InChI=1S/C18H38O4Si2/c1-8-18(19)20-15-17(22-24(12-5,13-6)14-7)16-21-23(9-2,10-3)11-4/h8,17H,1,9-16H2,2-7H3. The number of rotatable bonds is 14. The van der Waals surface area contributed by atoms with Crippen molar-refractivity contribution in [3.05, 3.63) is 12.7 Å². The Balaban J connectivity index is 5.04. The van der Waals surface area contributed by atoms with Crippen molar-refractivity contribution in [2.45, 2.75) is 83.9 Å². The van der Waals surface area contributed by atoms with E-state index in [1.165, 1.54) is 6.08 Å². The minimum Gasteiger partial charge on any atom is -0.460 e. The SMILES string of the molecule is C=CC(=O)OCC(CO[Si](CC)(CC)CC)O[Si](CC)(CC)CC. The van der Waals surface area contributed by atoms with Gasteiger partial charge in [-0.25, -0.2) is 4.79 Å². The molecule has 0 fully saturated rings. The van der Waals surface area contributed by atoms with Gasteiger partial charge in [0.15, 0.2) is 16.6 Å². The zero-order valence-electron chi connectivity index (χ0n) is 16.7.